The van der Waals surface area contributed by atoms with Gasteiger partial charge in [-0.2, -0.15) is 0 Å². The minimum atomic E-state index is -0.944. The van der Waals surface area contributed by atoms with Gasteiger partial charge in [-0.25, -0.2) is 4.79 Å². The summed E-state index contributed by atoms with van der Waals surface area (Å²) in [4.78, 5) is 70.2. The molecule has 1 aliphatic heterocycles. The molecule has 7 rings (SSSR count). The van der Waals surface area contributed by atoms with Crippen molar-refractivity contribution in [2.45, 2.75) is 71.4 Å². The van der Waals surface area contributed by atoms with Crippen LogP contribution in [-0.4, -0.2) is 99.9 Å². The van der Waals surface area contributed by atoms with Crippen molar-refractivity contribution in [2.75, 3.05) is 49.9 Å². The molecule has 3 aliphatic rings. The average Bonchev–Trinajstić information content (AvgIpc) is 3.98. The first-order valence-electron chi connectivity index (χ1n) is 19.3. The molecule has 12 nitrogen and oxygen atoms in total. The zero-order chi connectivity index (χ0) is 39.2. The maximum absolute atomic E-state index is 13.9. The molecule has 2 fully saturated rings. The van der Waals surface area contributed by atoms with Crippen LogP contribution in [-0.2, 0) is 41.8 Å². The highest BCUT2D eigenvalue weighted by atomic mass is 32.1. The van der Waals surface area contributed by atoms with Gasteiger partial charge in [0, 0.05) is 54.9 Å². The van der Waals surface area contributed by atoms with Crippen LogP contribution in [0.5, 0.6) is 0 Å². The monoisotopic (exact) mass is 793 g/mol. The van der Waals surface area contributed by atoms with Crippen molar-refractivity contribution < 1.29 is 34.2 Å². The molecule has 0 unspecified atom stereocenters. The normalized spacial score (nSPS) is 15.4. The fraction of sp³-hybridized carbons (Fsp3) is 0.386. The second kappa shape index (κ2) is 18.7. The van der Waals surface area contributed by atoms with Gasteiger partial charge in [-0.1, -0.05) is 43.8 Å². The molecule has 0 spiro atoms. The zero-order valence-electron chi connectivity index (χ0n) is 31.3. The van der Waals surface area contributed by atoms with E-state index in [1.807, 2.05) is 64.4 Å². The third kappa shape index (κ3) is 10.7. The topological polar surface area (TPSA) is 160 Å². The lowest BCUT2D eigenvalue weighted by Gasteiger charge is -2.35. The average molecular weight is 794 g/mol. The Balaban J connectivity index is 0.00000549. The summed E-state index contributed by atoms with van der Waals surface area (Å²) in [5, 5.41) is 24.9. The molecule has 4 N–H and O–H groups in total. The van der Waals surface area contributed by atoms with Crippen LogP contribution >= 0.6 is 11.3 Å². The lowest BCUT2D eigenvalue weighted by Crippen LogP contribution is -2.52. The summed E-state index contributed by atoms with van der Waals surface area (Å²) >= 11 is 1.48. The maximum atomic E-state index is 13.9. The standard InChI is InChI=1S/C43H47N5O7S.CH4/c49-37(47-22-20-46(21-23-47)27-38(50)51)26-48(34-18-19-34)25-30-4-3-5-32(24-30)40(52)45-42-39(35-6-1-2-7-36(35)56-42)41(53)44-33-16-12-29(13-17-33)9-8-28-10-14-31(15-11-28)43(54)55;/h3-5,10-17,24,34H,1-2,6-9,18-23,25-27H2,(H,44,53)(H,45,52)(H,50,51)(H,54,55);1H4. The molecule has 13 heteroatoms. The van der Waals surface area contributed by atoms with Crippen molar-refractivity contribution >= 4 is 51.7 Å². The predicted octanol–water partition coefficient (Wildman–Crippen LogP) is 6.44. The molecular formula is C44H51N5O7S. The molecule has 57 heavy (non-hydrogen) atoms. The van der Waals surface area contributed by atoms with E-state index in [0.717, 1.165) is 78.5 Å². The number of aryl methyl sites for hydroxylation is 3. The van der Waals surface area contributed by atoms with Gasteiger partial charge in [0.1, 0.15) is 5.00 Å². The number of hydrogen-bond donors (Lipinski definition) is 4. The Morgan fingerprint density at radius 1 is 0.754 bits per heavy atom. The molecule has 300 valence electrons. The Kier molecular flexibility index (Phi) is 13.6. The van der Waals surface area contributed by atoms with Gasteiger partial charge in [-0.15, -0.1) is 11.3 Å². The third-order valence-corrected chi connectivity index (χ3v) is 12.0. The van der Waals surface area contributed by atoms with Crippen molar-refractivity contribution in [2.24, 2.45) is 0 Å². The largest absolute Gasteiger partial charge is 0.480 e. The van der Waals surface area contributed by atoms with Crippen LogP contribution in [0.25, 0.3) is 0 Å². The van der Waals surface area contributed by atoms with E-state index in [1.54, 1.807) is 18.2 Å². The molecule has 1 saturated carbocycles. The number of carboxylic acid groups (broad SMARTS) is 2. The van der Waals surface area contributed by atoms with Gasteiger partial charge in [0.15, 0.2) is 0 Å². The van der Waals surface area contributed by atoms with Gasteiger partial charge in [-0.3, -0.25) is 29.0 Å². The van der Waals surface area contributed by atoms with Crippen LogP contribution in [0.2, 0.25) is 0 Å². The van der Waals surface area contributed by atoms with Crippen molar-refractivity contribution in [3.63, 3.8) is 0 Å². The van der Waals surface area contributed by atoms with Crippen LogP contribution in [0.15, 0.2) is 72.8 Å². The number of hydrogen-bond acceptors (Lipinski definition) is 8. The molecule has 4 aromatic rings. The van der Waals surface area contributed by atoms with Crippen LogP contribution in [0.3, 0.4) is 0 Å². The molecule has 0 radical (unpaired) electrons. The van der Waals surface area contributed by atoms with Crippen molar-refractivity contribution in [1.82, 2.24) is 14.7 Å². The first kappa shape index (κ1) is 41.3. The number of carbonyl (C=O) groups excluding carboxylic acids is 3. The smallest absolute Gasteiger partial charge is 0.335 e. The Labute approximate surface area is 337 Å². The number of rotatable bonds is 15. The van der Waals surface area contributed by atoms with Gasteiger partial charge in [0.25, 0.3) is 11.8 Å². The molecule has 3 amide bonds. The predicted molar refractivity (Wildman–Crippen MR) is 221 cm³/mol. The summed E-state index contributed by atoms with van der Waals surface area (Å²) in [7, 11) is 0. The zero-order valence-corrected chi connectivity index (χ0v) is 32.1. The highest BCUT2D eigenvalue weighted by Crippen LogP contribution is 2.39. The summed E-state index contributed by atoms with van der Waals surface area (Å²) in [6.45, 7) is 2.88. The molecule has 0 bridgehead atoms. The Morgan fingerprint density at radius 3 is 2.07 bits per heavy atom. The van der Waals surface area contributed by atoms with Crippen LogP contribution < -0.4 is 10.6 Å². The van der Waals surface area contributed by atoms with Crippen molar-refractivity contribution in [1.29, 1.82) is 0 Å². The summed E-state index contributed by atoms with van der Waals surface area (Å²) in [5.74, 6) is -2.33. The Hall–Kier alpha value is -5.37. The highest BCUT2D eigenvalue weighted by molar-refractivity contribution is 7.17. The van der Waals surface area contributed by atoms with E-state index < -0.39 is 11.9 Å². The van der Waals surface area contributed by atoms with E-state index in [4.69, 9.17) is 10.2 Å². The number of piperazine rings is 1. The Morgan fingerprint density at radius 2 is 1.42 bits per heavy atom. The first-order valence-corrected chi connectivity index (χ1v) is 20.1. The van der Waals surface area contributed by atoms with Crippen LogP contribution in [0, 0.1) is 0 Å². The number of carbonyl (C=O) groups is 5. The summed E-state index contributed by atoms with van der Waals surface area (Å²) in [5.41, 5.74) is 5.98. The van der Waals surface area contributed by atoms with Gasteiger partial charge in [0.05, 0.1) is 24.2 Å². The number of carboxylic acids is 2. The number of benzene rings is 3. The van der Waals surface area contributed by atoms with E-state index >= 15 is 0 Å². The number of aliphatic carboxylic acids is 1. The number of thiophene rings is 1. The molecule has 0 atom stereocenters. The second-order valence-corrected chi connectivity index (χ2v) is 16.0. The maximum Gasteiger partial charge on any atom is 0.335 e. The van der Waals surface area contributed by atoms with E-state index in [0.29, 0.717) is 60.6 Å². The summed E-state index contributed by atoms with van der Waals surface area (Å²) in [6.07, 6.45) is 7.22. The number of nitrogens with zero attached hydrogens (tertiary/aromatic N) is 3. The van der Waals surface area contributed by atoms with E-state index in [-0.39, 0.29) is 43.8 Å². The number of amides is 3. The molecule has 2 aliphatic carbocycles. The van der Waals surface area contributed by atoms with Crippen molar-refractivity contribution in [3.8, 4) is 0 Å². The SMILES string of the molecule is C.O=C(O)CN1CCN(C(=O)CN(Cc2cccc(C(=O)Nc3sc4c(c3C(=O)Nc3ccc(CCc5ccc(C(=O)O)cc5)cc3)CCCC4)c2)C2CC2)CC1. The lowest BCUT2D eigenvalue weighted by molar-refractivity contribution is -0.139. The van der Waals surface area contributed by atoms with Crippen molar-refractivity contribution in [3.05, 3.63) is 117 Å². The van der Waals surface area contributed by atoms with Gasteiger partial charge < -0.3 is 25.7 Å². The third-order valence-electron chi connectivity index (χ3n) is 10.8. The van der Waals surface area contributed by atoms with Gasteiger partial charge >= 0.3 is 11.9 Å². The fourth-order valence-corrected chi connectivity index (χ4v) is 8.82. The molecular weight excluding hydrogens is 743 g/mol. The summed E-state index contributed by atoms with van der Waals surface area (Å²) < 4.78 is 0. The molecule has 2 heterocycles. The van der Waals surface area contributed by atoms with Crippen LogP contribution in [0.4, 0.5) is 10.7 Å². The second-order valence-electron chi connectivity index (χ2n) is 14.9. The highest BCUT2D eigenvalue weighted by Gasteiger charge is 2.33. The molecule has 1 aromatic heterocycles. The quantitative estimate of drug-likeness (QED) is 0.106. The number of nitrogens with one attached hydrogen (secondary N) is 2. The minimum absolute atomic E-state index is 0. The fourth-order valence-electron chi connectivity index (χ4n) is 7.54. The molecule has 1 saturated heterocycles. The number of fused-ring (bicyclic) bond motifs is 1. The number of anilines is 2. The van der Waals surface area contributed by atoms with E-state index in [2.05, 4.69) is 15.5 Å². The summed E-state index contributed by atoms with van der Waals surface area (Å²) in [6, 6.07) is 22.4. The van der Waals surface area contributed by atoms with Crippen LogP contribution in [0.1, 0.15) is 91.3 Å². The molecule has 3 aromatic carbocycles. The van der Waals surface area contributed by atoms with Gasteiger partial charge in [-0.05, 0) is 110 Å². The number of aromatic carboxylic acids is 1. The van der Waals surface area contributed by atoms with E-state index in [1.165, 1.54) is 11.3 Å². The lowest BCUT2D eigenvalue weighted by atomic mass is 9.95. The van der Waals surface area contributed by atoms with E-state index in [9.17, 15) is 24.0 Å². The minimum Gasteiger partial charge on any atom is -0.480 e. The Bertz CT molecular complexity index is 2090. The first-order chi connectivity index (χ1) is 27.1. The van der Waals surface area contributed by atoms with Gasteiger partial charge in [0.2, 0.25) is 5.91 Å².